The molecule has 0 aromatic heterocycles. The molecule has 2 unspecified atom stereocenters. The number of amides is 1. The summed E-state index contributed by atoms with van der Waals surface area (Å²) in [6.45, 7) is 6.80. The molecule has 6 heteroatoms. The number of nitrogens with two attached hydrogens (primary N) is 1. The van der Waals surface area contributed by atoms with Gasteiger partial charge in [0.25, 0.3) is 0 Å². The molecule has 0 saturated carbocycles. The van der Waals surface area contributed by atoms with Crippen LogP contribution in [0.1, 0.15) is 44.4 Å². The van der Waals surface area contributed by atoms with E-state index in [1.165, 1.54) is 6.07 Å². The standard InChI is InChI=1S/C15H22FN3O2/c1-5-15(4,13(17)19-21)14(20)18-10(3)11-7-6-9(2)12(16)8-11/h6-8,10,21H,5H2,1-4H3,(H2,17,19)(H,18,20). The Morgan fingerprint density at radius 1 is 1.57 bits per heavy atom. The van der Waals surface area contributed by atoms with Crippen molar-refractivity contribution >= 4 is 11.7 Å². The van der Waals surface area contributed by atoms with Gasteiger partial charge >= 0.3 is 0 Å². The molecule has 1 aromatic carbocycles. The Morgan fingerprint density at radius 3 is 2.67 bits per heavy atom. The van der Waals surface area contributed by atoms with Gasteiger partial charge in [-0.15, -0.1) is 0 Å². The minimum Gasteiger partial charge on any atom is -0.409 e. The fourth-order valence-electron chi connectivity index (χ4n) is 1.89. The number of benzene rings is 1. The first-order valence-corrected chi connectivity index (χ1v) is 6.81. The van der Waals surface area contributed by atoms with Crippen LogP contribution in [0.2, 0.25) is 0 Å². The van der Waals surface area contributed by atoms with Crippen LogP contribution in [0.25, 0.3) is 0 Å². The Bertz CT molecular complexity index is 560. The zero-order chi connectivity index (χ0) is 16.2. The van der Waals surface area contributed by atoms with E-state index in [0.29, 0.717) is 17.5 Å². The Labute approximate surface area is 124 Å². The van der Waals surface area contributed by atoms with Crippen molar-refractivity contribution in [2.75, 3.05) is 0 Å². The highest BCUT2D eigenvalue weighted by atomic mass is 19.1. The number of nitrogens with zero attached hydrogens (tertiary/aromatic N) is 1. The second kappa shape index (κ2) is 6.56. The van der Waals surface area contributed by atoms with E-state index in [1.807, 2.05) is 0 Å². The van der Waals surface area contributed by atoms with Crippen molar-refractivity contribution in [1.82, 2.24) is 5.32 Å². The van der Waals surface area contributed by atoms with E-state index < -0.39 is 5.41 Å². The number of nitrogens with one attached hydrogen (secondary N) is 1. The normalized spacial score (nSPS) is 16.1. The third kappa shape index (κ3) is 3.51. The molecule has 0 spiro atoms. The monoisotopic (exact) mass is 295 g/mol. The van der Waals surface area contributed by atoms with Gasteiger partial charge in [0.1, 0.15) is 11.2 Å². The minimum absolute atomic E-state index is 0.148. The summed E-state index contributed by atoms with van der Waals surface area (Å²) in [6.07, 6.45) is 0.379. The topological polar surface area (TPSA) is 87.7 Å². The van der Waals surface area contributed by atoms with Gasteiger partial charge in [0.15, 0.2) is 5.84 Å². The van der Waals surface area contributed by atoms with Crippen molar-refractivity contribution in [3.05, 3.63) is 35.1 Å². The van der Waals surface area contributed by atoms with E-state index in [-0.39, 0.29) is 23.6 Å². The highest BCUT2D eigenvalue weighted by molar-refractivity contribution is 6.06. The van der Waals surface area contributed by atoms with E-state index in [9.17, 15) is 9.18 Å². The molecule has 21 heavy (non-hydrogen) atoms. The van der Waals surface area contributed by atoms with Gasteiger partial charge in [0.2, 0.25) is 5.91 Å². The van der Waals surface area contributed by atoms with Crippen molar-refractivity contribution in [1.29, 1.82) is 0 Å². The molecular weight excluding hydrogens is 273 g/mol. The number of amidine groups is 1. The van der Waals surface area contributed by atoms with Crippen molar-refractivity contribution in [3.63, 3.8) is 0 Å². The van der Waals surface area contributed by atoms with Crippen LogP contribution in [0.15, 0.2) is 23.4 Å². The molecule has 0 bridgehead atoms. The second-order valence-electron chi connectivity index (χ2n) is 5.37. The Kier molecular flexibility index (Phi) is 5.29. The summed E-state index contributed by atoms with van der Waals surface area (Å²) in [6, 6.07) is 4.43. The number of carbonyl (C=O) groups excluding carboxylic acids is 1. The Hall–Kier alpha value is -2.11. The summed E-state index contributed by atoms with van der Waals surface area (Å²) in [4.78, 5) is 12.4. The van der Waals surface area contributed by atoms with Gasteiger partial charge in [-0.2, -0.15) is 0 Å². The molecule has 4 N–H and O–H groups in total. The predicted octanol–water partition coefficient (Wildman–Crippen LogP) is 2.47. The highest BCUT2D eigenvalue weighted by Crippen LogP contribution is 2.24. The molecule has 1 aromatic rings. The first kappa shape index (κ1) is 16.9. The van der Waals surface area contributed by atoms with Crippen molar-refractivity contribution in [3.8, 4) is 0 Å². The van der Waals surface area contributed by atoms with Crippen LogP contribution in [0.4, 0.5) is 4.39 Å². The molecule has 0 radical (unpaired) electrons. The minimum atomic E-state index is -1.10. The smallest absolute Gasteiger partial charge is 0.234 e. The average Bonchev–Trinajstić information content (AvgIpc) is 2.47. The third-order valence-electron chi connectivity index (χ3n) is 3.92. The average molecular weight is 295 g/mol. The van der Waals surface area contributed by atoms with Gasteiger partial charge in [0.05, 0.1) is 6.04 Å². The number of carbonyl (C=O) groups is 1. The largest absolute Gasteiger partial charge is 0.409 e. The van der Waals surface area contributed by atoms with Crippen LogP contribution >= 0.6 is 0 Å². The Morgan fingerprint density at radius 2 is 2.19 bits per heavy atom. The molecule has 1 amide bonds. The van der Waals surface area contributed by atoms with Gasteiger partial charge in [-0.1, -0.05) is 24.2 Å². The van der Waals surface area contributed by atoms with Crippen molar-refractivity contribution < 1.29 is 14.4 Å². The van der Waals surface area contributed by atoms with E-state index >= 15 is 0 Å². The molecule has 0 aliphatic carbocycles. The predicted molar refractivity (Wildman–Crippen MR) is 79.5 cm³/mol. The zero-order valence-electron chi connectivity index (χ0n) is 12.8. The molecule has 5 nitrogen and oxygen atoms in total. The summed E-state index contributed by atoms with van der Waals surface area (Å²) in [5.74, 6) is -0.832. The lowest BCUT2D eigenvalue weighted by molar-refractivity contribution is -0.127. The van der Waals surface area contributed by atoms with E-state index in [2.05, 4.69) is 10.5 Å². The van der Waals surface area contributed by atoms with E-state index in [1.54, 1.807) is 39.8 Å². The molecule has 0 aliphatic heterocycles. The molecule has 0 heterocycles. The van der Waals surface area contributed by atoms with Gasteiger partial charge in [0, 0.05) is 0 Å². The lowest BCUT2D eigenvalue weighted by Gasteiger charge is -2.27. The number of halogens is 1. The molecule has 1 rings (SSSR count). The number of hydrogen-bond acceptors (Lipinski definition) is 3. The number of aryl methyl sites for hydroxylation is 1. The van der Waals surface area contributed by atoms with Gasteiger partial charge in [-0.3, -0.25) is 4.79 Å². The highest BCUT2D eigenvalue weighted by Gasteiger charge is 2.37. The molecule has 0 fully saturated rings. The van der Waals surface area contributed by atoms with Crippen LogP contribution < -0.4 is 11.1 Å². The molecular formula is C15H22FN3O2. The SMILES string of the molecule is CCC(C)(C(=O)NC(C)c1ccc(C)c(F)c1)/C(N)=N/O. The van der Waals surface area contributed by atoms with Crippen molar-refractivity contribution in [2.24, 2.45) is 16.3 Å². The van der Waals surface area contributed by atoms with Crippen LogP contribution in [-0.2, 0) is 4.79 Å². The summed E-state index contributed by atoms with van der Waals surface area (Å²) in [5, 5.41) is 14.5. The summed E-state index contributed by atoms with van der Waals surface area (Å²) in [5.41, 5.74) is 5.70. The lowest BCUT2D eigenvalue weighted by Crippen LogP contribution is -2.48. The lowest BCUT2D eigenvalue weighted by atomic mass is 9.84. The molecule has 0 saturated heterocycles. The fraction of sp³-hybridized carbons (Fsp3) is 0.467. The van der Waals surface area contributed by atoms with Gasteiger partial charge < -0.3 is 16.3 Å². The number of hydrogen-bond donors (Lipinski definition) is 3. The Balaban J connectivity index is 2.93. The zero-order valence-corrected chi connectivity index (χ0v) is 12.8. The second-order valence-corrected chi connectivity index (χ2v) is 5.37. The molecule has 0 aliphatic rings. The number of rotatable bonds is 5. The van der Waals surface area contributed by atoms with Crippen LogP contribution in [-0.4, -0.2) is 17.0 Å². The maximum Gasteiger partial charge on any atom is 0.234 e. The third-order valence-corrected chi connectivity index (χ3v) is 3.92. The van der Waals surface area contributed by atoms with Crippen LogP contribution in [0.3, 0.4) is 0 Å². The van der Waals surface area contributed by atoms with Gasteiger partial charge in [-0.05, 0) is 44.4 Å². The molecule has 116 valence electrons. The maximum absolute atomic E-state index is 13.6. The summed E-state index contributed by atoms with van der Waals surface area (Å²) >= 11 is 0. The van der Waals surface area contributed by atoms with E-state index in [0.717, 1.165) is 0 Å². The first-order valence-electron chi connectivity index (χ1n) is 6.81. The first-order chi connectivity index (χ1) is 9.76. The number of oxime groups is 1. The van der Waals surface area contributed by atoms with Crippen molar-refractivity contribution in [2.45, 2.75) is 40.2 Å². The fourth-order valence-corrected chi connectivity index (χ4v) is 1.89. The summed E-state index contributed by atoms with van der Waals surface area (Å²) < 4.78 is 13.6. The van der Waals surface area contributed by atoms with Crippen LogP contribution in [0, 0.1) is 18.2 Å². The summed E-state index contributed by atoms with van der Waals surface area (Å²) in [7, 11) is 0. The van der Waals surface area contributed by atoms with Crippen LogP contribution in [0.5, 0.6) is 0 Å². The maximum atomic E-state index is 13.6. The molecule has 2 atom stereocenters. The van der Waals surface area contributed by atoms with Gasteiger partial charge in [-0.25, -0.2) is 4.39 Å². The van der Waals surface area contributed by atoms with E-state index in [4.69, 9.17) is 10.9 Å². The quantitative estimate of drug-likeness (QED) is 0.337.